The lowest BCUT2D eigenvalue weighted by molar-refractivity contribution is 0.203. The van der Waals surface area contributed by atoms with E-state index < -0.39 is 10.1 Å². The van der Waals surface area contributed by atoms with Crippen molar-refractivity contribution in [3.05, 3.63) is 29.4 Å². The van der Waals surface area contributed by atoms with Crippen molar-refractivity contribution in [3.63, 3.8) is 0 Å². The molecule has 0 N–H and O–H groups in total. The highest BCUT2D eigenvalue weighted by Crippen LogP contribution is 2.24. The van der Waals surface area contributed by atoms with Gasteiger partial charge in [0.25, 0.3) is 0 Å². The summed E-state index contributed by atoms with van der Waals surface area (Å²) in [6, 6.07) is 6.90. The second-order valence-electron chi connectivity index (χ2n) is 5.59. The Morgan fingerprint density at radius 2 is 1.70 bits per heavy atom. The molecule has 0 spiro atoms. The van der Waals surface area contributed by atoms with Gasteiger partial charge in [0.05, 0.1) is 17.6 Å². The van der Waals surface area contributed by atoms with Crippen LogP contribution in [0.3, 0.4) is 0 Å². The molecule has 0 atom stereocenters. The molecular weight excluding hydrogens is 300 g/mol. The maximum absolute atomic E-state index is 12.1. The molecule has 108 valence electrons. The van der Waals surface area contributed by atoms with Crippen LogP contribution in [0.1, 0.15) is 20.8 Å². The highest BCUT2D eigenvalue weighted by Gasteiger charge is 2.25. The van der Waals surface area contributed by atoms with Gasteiger partial charge in [-0.1, -0.05) is 44.5 Å². The minimum atomic E-state index is -4.02. The van der Waals surface area contributed by atoms with Crippen molar-refractivity contribution in [1.82, 2.24) is 9.97 Å². The van der Waals surface area contributed by atoms with Gasteiger partial charge in [-0.3, -0.25) is 4.18 Å². The van der Waals surface area contributed by atoms with Gasteiger partial charge in [0, 0.05) is 0 Å². The van der Waals surface area contributed by atoms with E-state index in [1.807, 2.05) is 20.8 Å². The molecule has 0 aliphatic heterocycles. The van der Waals surface area contributed by atoms with Crippen molar-refractivity contribution in [2.24, 2.45) is 5.41 Å². The molecule has 0 saturated carbocycles. The SMILES string of the molecule is CC(C)(C)COS(=O)(=O)c1nc2ccccc2nc1Cl. The smallest absolute Gasteiger partial charge is 0.265 e. The van der Waals surface area contributed by atoms with Gasteiger partial charge in [-0.15, -0.1) is 0 Å². The average molecular weight is 315 g/mol. The Balaban J connectivity index is 2.43. The number of rotatable bonds is 3. The maximum atomic E-state index is 12.1. The summed E-state index contributed by atoms with van der Waals surface area (Å²) in [4.78, 5) is 8.07. The fraction of sp³-hybridized carbons (Fsp3) is 0.385. The normalized spacial score (nSPS) is 12.8. The largest absolute Gasteiger partial charge is 0.317 e. The van der Waals surface area contributed by atoms with Crippen LogP contribution in [0.5, 0.6) is 0 Å². The minimum absolute atomic E-state index is 0.0418. The quantitative estimate of drug-likeness (QED) is 0.814. The zero-order valence-corrected chi connectivity index (χ0v) is 13.0. The molecule has 0 unspecified atom stereocenters. The van der Waals surface area contributed by atoms with Gasteiger partial charge >= 0.3 is 10.1 Å². The zero-order valence-electron chi connectivity index (χ0n) is 11.4. The topological polar surface area (TPSA) is 69.2 Å². The molecule has 0 aliphatic rings. The van der Waals surface area contributed by atoms with Crippen molar-refractivity contribution in [2.45, 2.75) is 25.8 Å². The molecule has 1 aromatic carbocycles. The summed E-state index contributed by atoms with van der Waals surface area (Å²) in [5, 5.41) is -0.528. The molecule has 5 nitrogen and oxygen atoms in total. The lowest BCUT2D eigenvalue weighted by atomic mass is 9.99. The van der Waals surface area contributed by atoms with Crippen LogP contribution in [-0.2, 0) is 14.3 Å². The van der Waals surface area contributed by atoms with Gasteiger partial charge < -0.3 is 0 Å². The molecule has 0 bridgehead atoms. The summed E-state index contributed by atoms with van der Waals surface area (Å²) in [5.74, 6) is 0. The Morgan fingerprint density at radius 1 is 1.15 bits per heavy atom. The van der Waals surface area contributed by atoms with E-state index in [0.29, 0.717) is 11.0 Å². The molecular formula is C13H15ClN2O3S. The van der Waals surface area contributed by atoms with Crippen LogP contribution in [0.25, 0.3) is 11.0 Å². The summed E-state index contributed by atoms with van der Waals surface area (Å²) < 4.78 is 29.3. The van der Waals surface area contributed by atoms with Crippen molar-refractivity contribution >= 4 is 32.8 Å². The molecule has 20 heavy (non-hydrogen) atoms. The number of benzene rings is 1. The average Bonchev–Trinajstić information content (AvgIpc) is 2.35. The summed E-state index contributed by atoms with van der Waals surface area (Å²) >= 11 is 5.90. The predicted molar refractivity (Wildman–Crippen MR) is 77.1 cm³/mol. The predicted octanol–water partition coefficient (Wildman–Crippen LogP) is 3.03. The van der Waals surface area contributed by atoms with Crippen LogP contribution in [0, 0.1) is 5.41 Å². The number of para-hydroxylation sites is 2. The highest BCUT2D eigenvalue weighted by molar-refractivity contribution is 7.86. The third kappa shape index (κ3) is 3.45. The number of hydrogen-bond acceptors (Lipinski definition) is 5. The minimum Gasteiger partial charge on any atom is -0.265 e. The van der Waals surface area contributed by atoms with Crippen molar-refractivity contribution < 1.29 is 12.6 Å². The molecule has 0 fully saturated rings. The van der Waals surface area contributed by atoms with Crippen LogP contribution in [0.2, 0.25) is 5.15 Å². The van der Waals surface area contributed by atoms with Crippen molar-refractivity contribution in [1.29, 1.82) is 0 Å². The number of nitrogens with zero attached hydrogens (tertiary/aromatic N) is 2. The van der Waals surface area contributed by atoms with Crippen LogP contribution < -0.4 is 0 Å². The molecule has 0 aliphatic carbocycles. The number of hydrogen-bond donors (Lipinski definition) is 0. The number of halogens is 1. The van der Waals surface area contributed by atoms with Gasteiger partial charge in [0.1, 0.15) is 0 Å². The molecule has 7 heteroatoms. The summed E-state index contributed by atoms with van der Waals surface area (Å²) in [7, 11) is -4.02. The monoisotopic (exact) mass is 314 g/mol. The van der Waals surface area contributed by atoms with Crippen molar-refractivity contribution in [3.8, 4) is 0 Å². The van der Waals surface area contributed by atoms with Gasteiger partial charge in [0.15, 0.2) is 5.15 Å². The van der Waals surface area contributed by atoms with E-state index in [2.05, 4.69) is 9.97 Å². The third-order valence-electron chi connectivity index (χ3n) is 2.38. The summed E-state index contributed by atoms with van der Waals surface area (Å²) in [6.45, 7) is 5.66. The van der Waals surface area contributed by atoms with Crippen LogP contribution in [0.4, 0.5) is 0 Å². The first-order valence-electron chi connectivity index (χ1n) is 6.01. The Labute approximate surface area is 123 Å². The third-order valence-corrected chi connectivity index (χ3v) is 3.94. The Hall–Kier alpha value is -1.24. The Morgan fingerprint density at radius 3 is 2.25 bits per heavy atom. The molecule has 0 amide bonds. The first kappa shape index (κ1) is 15.2. The fourth-order valence-electron chi connectivity index (χ4n) is 1.43. The fourth-order valence-corrected chi connectivity index (χ4v) is 2.93. The van der Waals surface area contributed by atoms with E-state index in [9.17, 15) is 8.42 Å². The van der Waals surface area contributed by atoms with E-state index >= 15 is 0 Å². The van der Waals surface area contributed by atoms with Gasteiger partial charge in [-0.05, 0) is 17.5 Å². The standard InChI is InChI=1S/C13H15ClN2O3S/c1-13(2,3)8-19-20(17,18)12-11(14)15-9-6-4-5-7-10(9)16-12/h4-7H,8H2,1-3H3. The van der Waals surface area contributed by atoms with Crippen LogP contribution in [0.15, 0.2) is 29.3 Å². The second kappa shape index (κ2) is 5.27. The Bertz CT molecular complexity index is 739. The van der Waals surface area contributed by atoms with Gasteiger partial charge in [-0.2, -0.15) is 8.42 Å². The maximum Gasteiger partial charge on any atom is 0.317 e. The lowest BCUT2D eigenvalue weighted by Gasteiger charge is -2.17. The van der Waals surface area contributed by atoms with Gasteiger partial charge in [0.2, 0.25) is 5.03 Å². The van der Waals surface area contributed by atoms with Crippen LogP contribution in [-0.4, -0.2) is 25.0 Å². The van der Waals surface area contributed by atoms with Crippen LogP contribution >= 0.6 is 11.6 Å². The molecule has 0 saturated heterocycles. The van der Waals surface area contributed by atoms with E-state index in [1.165, 1.54) is 0 Å². The Kier molecular flexibility index (Phi) is 4.00. The van der Waals surface area contributed by atoms with E-state index in [-0.39, 0.29) is 22.2 Å². The van der Waals surface area contributed by atoms with Gasteiger partial charge in [-0.25, -0.2) is 9.97 Å². The number of aromatic nitrogens is 2. The first-order valence-corrected chi connectivity index (χ1v) is 7.79. The van der Waals surface area contributed by atoms with E-state index in [0.717, 1.165) is 0 Å². The lowest BCUT2D eigenvalue weighted by Crippen LogP contribution is -2.19. The van der Waals surface area contributed by atoms with E-state index in [4.69, 9.17) is 15.8 Å². The first-order chi connectivity index (χ1) is 9.19. The second-order valence-corrected chi connectivity index (χ2v) is 7.47. The number of fused-ring (bicyclic) bond motifs is 1. The summed E-state index contributed by atoms with van der Waals surface area (Å²) in [5.41, 5.74) is 0.700. The highest BCUT2D eigenvalue weighted by atomic mass is 35.5. The molecule has 0 radical (unpaired) electrons. The molecule has 2 aromatic rings. The molecule has 2 rings (SSSR count). The molecule has 1 heterocycles. The van der Waals surface area contributed by atoms with Crippen molar-refractivity contribution in [2.75, 3.05) is 6.61 Å². The molecule has 1 aromatic heterocycles. The summed E-state index contributed by atoms with van der Waals surface area (Å²) in [6.07, 6.45) is 0. The van der Waals surface area contributed by atoms with E-state index in [1.54, 1.807) is 24.3 Å². The zero-order chi connectivity index (χ0) is 15.0.